The predicted octanol–water partition coefficient (Wildman–Crippen LogP) is 2.74. The Hall–Kier alpha value is -3.92. The van der Waals surface area contributed by atoms with Crippen LogP contribution in [0.5, 0.6) is 0 Å². The lowest BCUT2D eigenvalue weighted by molar-refractivity contribution is 0.0740. The van der Waals surface area contributed by atoms with Crippen molar-refractivity contribution in [2.75, 3.05) is 31.1 Å². The first kappa shape index (κ1) is 22.9. The fourth-order valence-electron chi connectivity index (χ4n) is 4.55. The predicted molar refractivity (Wildman–Crippen MR) is 137 cm³/mol. The molecule has 4 heterocycles. The molecular weight excluding hydrogens is 464 g/mol. The molecule has 0 radical (unpaired) electrons. The number of anilines is 1. The molecule has 180 valence electrons. The van der Waals surface area contributed by atoms with Gasteiger partial charge in [-0.05, 0) is 43.5 Å². The molecule has 1 aliphatic rings. The summed E-state index contributed by atoms with van der Waals surface area (Å²) in [6.07, 6.45) is 0. The number of para-hydroxylation sites is 1. The first-order valence-electron chi connectivity index (χ1n) is 11.5. The number of hydrogen-bond acceptors (Lipinski definition) is 6. The average Bonchev–Trinajstić information content (AvgIpc) is 3.57. The van der Waals surface area contributed by atoms with E-state index in [2.05, 4.69) is 10.2 Å². The van der Waals surface area contributed by atoms with Gasteiger partial charge >= 0.3 is 5.69 Å². The molecule has 1 N–H and O–H groups in total. The highest BCUT2D eigenvalue weighted by Gasteiger charge is 2.28. The van der Waals surface area contributed by atoms with Gasteiger partial charge in [-0.25, -0.2) is 4.79 Å². The van der Waals surface area contributed by atoms with Gasteiger partial charge in [0, 0.05) is 32.7 Å². The second-order valence-corrected chi connectivity index (χ2v) is 9.31. The molecule has 0 saturated carbocycles. The number of carbonyl (C=O) groups is 1. The van der Waals surface area contributed by atoms with Gasteiger partial charge in [0.25, 0.3) is 11.5 Å². The fourth-order valence-corrected chi connectivity index (χ4v) is 5.24. The fraction of sp³-hybridized carbons (Fsp3) is 0.280. The molecule has 3 aromatic heterocycles. The molecular formula is C25H26N6O3S. The zero-order valence-electron chi connectivity index (χ0n) is 19.6. The summed E-state index contributed by atoms with van der Waals surface area (Å²) in [6, 6.07) is 15.0. The molecule has 1 saturated heterocycles. The summed E-state index contributed by atoms with van der Waals surface area (Å²) in [5.41, 5.74) is 2.37. The largest absolute Gasteiger partial charge is 0.362 e. The Labute approximate surface area is 205 Å². The zero-order chi connectivity index (χ0) is 24.5. The van der Waals surface area contributed by atoms with Crippen LogP contribution in [0.1, 0.15) is 23.1 Å². The van der Waals surface area contributed by atoms with Crippen molar-refractivity contribution in [2.24, 2.45) is 0 Å². The number of nitrogens with one attached hydrogen (secondary N) is 1. The molecule has 4 aromatic rings. The molecule has 10 heteroatoms. The van der Waals surface area contributed by atoms with Crippen molar-refractivity contribution in [1.82, 2.24) is 24.2 Å². The molecule has 0 atom stereocenters. The zero-order valence-corrected chi connectivity index (χ0v) is 20.4. The Morgan fingerprint density at radius 3 is 2.46 bits per heavy atom. The molecule has 1 fully saturated rings. The van der Waals surface area contributed by atoms with Gasteiger partial charge < -0.3 is 9.80 Å². The van der Waals surface area contributed by atoms with Gasteiger partial charge in [-0.2, -0.15) is 5.10 Å². The quantitative estimate of drug-likeness (QED) is 0.464. The summed E-state index contributed by atoms with van der Waals surface area (Å²) < 4.78 is 2.86. The molecule has 1 amide bonds. The van der Waals surface area contributed by atoms with Crippen LogP contribution in [0, 0.1) is 6.92 Å². The van der Waals surface area contributed by atoms with Crippen LogP contribution in [0.25, 0.3) is 16.3 Å². The van der Waals surface area contributed by atoms with E-state index < -0.39 is 0 Å². The summed E-state index contributed by atoms with van der Waals surface area (Å²) in [6.45, 7) is 5.76. The number of thiophene rings is 1. The van der Waals surface area contributed by atoms with E-state index in [0.29, 0.717) is 48.9 Å². The van der Waals surface area contributed by atoms with Crippen molar-refractivity contribution in [1.29, 1.82) is 0 Å². The van der Waals surface area contributed by atoms with E-state index in [1.165, 1.54) is 4.57 Å². The number of hydrogen-bond donors (Lipinski definition) is 1. The number of piperazine rings is 1. The van der Waals surface area contributed by atoms with Crippen LogP contribution in [0.4, 0.5) is 5.69 Å². The minimum absolute atomic E-state index is 0.138. The molecule has 1 aliphatic heterocycles. The number of carbonyl (C=O) groups excluding carboxylic acids is 1. The van der Waals surface area contributed by atoms with Gasteiger partial charge in [0.2, 0.25) is 0 Å². The molecule has 0 spiro atoms. The van der Waals surface area contributed by atoms with Crippen LogP contribution in [-0.2, 0) is 6.54 Å². The van der Waals surface area contributed by atoms with Crippen LogP contribution >= 0.6 is 11.3 Å². The molecule has 0 unspecified atom stereocenters. The van der Waals surface area contributed by atoms with Crippen LogP contribution in [0.15, 0.2) is 63.5 Å². The minimum Gasteiger partial charge on any atom is -0.362 e. The maximum atomic E-state index is 13.3. The van der Waals surface area contributed by atoms with E-state index in [1.54, 1.807) is 40.7 Å². The molecule has 0 aliphatic carbocycles. The van der Waals surface area contributed by atoms with Crippen molar-refractivity contribution >= 4 is 22.9 Å². The standard InChI is InChI=1S/C25H26N6O3S/c1-3-30-24(33)22(17(2)31(25(30)34)18-8-5-4-6-9-18)28-11-13-29(14-12-28)23(32)20-16-19(26-27-20)21-10-7-15-35-21/h4-10,15-16H,3,11-14H2,1-2H3,(H,26,27). The molecule has 5 rings (SSSR count). The summed E-state index contributed by atoms with van der Waals surface area (Å²) in [4.78, 5) is 44.2. The van der Waals surface area contributed by atoms with Crippen LogP contribution in [0.3, 0.4) is 0 Å². The Bertz CT molecular complexity index is 1460. The SMILES string of the molecule is CCn1c(=O)c(N2CCN(C(=O)c3cc(-c4cccs4)[nH]n3)CC2)c(C)n(-c2ccccc2)c1=O. The van der Waals surface area contributed by atoms with Crippen LogP contribution in [0.2, 0.25) is 0 Å². The van der Waals surface area contributed by atoms with Crippen molar-refractivity contribution in [3.05, 3.63) is 86.1 Å². The van der Waals surface area contributed by atoms with E-state index in [4.69, 9.17) is 0 Å². The van der Waals surface area contributed by atoms with E-state index >= 15 is 0 Å². The summed E-state index contributed by atoms with van der Waals surface area (Å²) in [5.74, 6) is -0.138. The number of aromatic nitrogens is 4. The van der Waals surface area contributed by atoms with Gasteiger partial charge in [0.15, 0.2) is 5.69 Å². The average molecular weight is 491 g/mol. The number of benzene rings is 1. The molecule has 35 heavy (non-hydrogen) atoms. The number of aromatic amines is 1. The monoisotopic (exact) mass is 490 g/mol. The Kier molecular flexibility index (Phi) is 6.12. The van der Waals surface area contributed by atoms with E-state index in [-0.39, 0.29) is 23.7 Å². The highest BCUT2D eigenvalue weighted by molar-refractivity contribution is 7.13. The van der Waals surface area contributed by atoms with Crippen LogP contribution in [-0.4, -0.2) is 56.3 Å². The van der Waals surface area contributed by atoms with E-state index in [0.717, 1.165) is 10.6 Å². The van der Waals surface area contributed by atoms with E-state index in [9.17, 15) is 14.4 Å². The summed E-state index contributed by atoms with van der Waals surface area (Å²) in [7, 11) is 0. The van der Waals surface area contributed by atoms with Gasteiger partial charge in [-0.1, -0.05) is 24.3 Å². The third-order valence-corrected chi connectivity index (χ3v) is 7.25. The highest BCUT2D eigenvalue weighted by atomic mass is 32.1. The third kappa shape index (κ3) is 4.10. The Morgan fingerprint density at radius 2 is 1.80 bits per heavy atom. The normalized spacial score (nSPS) is 13.9. The second kappa shape index (κ2) is 9.38. The maximum Gasteiger partial charge on any atom is 0.335 e. The summed E-state index contributed by atoms with van der Waals surface area (Å²) in [5, 5.41) is 9.14. The van der Waals surface area contributed by atoms with Crippen molar-refractivity contribution in [2.45, 2.75) is 20.4 Å². The minimum atomic E-state index is -0.348. The smallest absolute Gasteiger partial charge is 0.335 e. The van der Waals surface area contributed by atoms with E-state index in [1.807, 2.05) is 52.7 Å². The lowest BCUT2D eigenvalue weighted by Crippen LogP contribution is -2.52. The lowest BCUT2D eigenvalue weighted by atomic mass is 10.2. The second-order valence-electron chi connectivity index (χ2n) is 8.36. The van der Waals surface area contributed by atoms with Crippen molar-refractivity contribution in [3.8, 4) is 16.3 Å². The number of rotatable bonds is 5. The third-order valence-electron chi connectivity index (χ3n) is 6.35. The number of amides is 1. The Morgan fingerprint density at radius 1 is 1.06 bits per heavy atom. The first-order valence-corrected chi connectivity index (χ1v) is 12.4. The van der Waals surface area contributed by atoms with Gasteiger partial charge in [-0.3, -0.25) is 23.8 Å². The number of nitrogens with zero attached hydrogens (tertiary/aromatic N) is 5. The Balaban J connectivity index is 1.40. The van der Waals surface area contributed by atoms with Gasteiger partial charge in [0.05, 0.1) is 22.0 Å². The van der Waals surface area contributed by atoms with Crippen molar-refractivity contribution < 1.29 is 4.79 Å². The molecule has 9 nitrogen and oxygen atoms in total. The molecule has 0 bridgehead atoms. The number of H-pyrrole nitrogens is 1. The topological polar surface area (TPSA) is 96.2 Å². The lowest BCUT2D eigenvalue weighted by Gasteiger charge is -2.36. The summed E-state index contributed by atoms with van der Waals surface area (Å²) >= 11 is 1.58. The van der Waals surface area contributed by atoms with Crippen molar-refractivity contribution in [3.63, 3.8) is 0 Å². The van der Waals surface area contributed by atoms with Gasteiger partial charge in [0.1, 0.15) is 5.69 Å². The molecule has 1 aromatic carbocycles. The van der Waals surface area contributed by atoms with Crippen LogP contribution < -0.4 is 16.1 Å². The maximum absolute atomic E-state index is 13.3. The van der Waals surface area contributed by atoms with Gasteiger partial charge in [-0.15, -0.1) is 11.3 Å². The highest BCUT2D eigenvalue weighted by Crippen LogP contribution is 2.24. The first-order chi connectivity index (χ1) is 17.0.